The van der Waals surface area contributed by atoms with Gasteiger partial charge in [0.05, 0.1) is 11.4 Å². The molecule has 7 nitrogen and oxygen atoms in total. The van der Waals surface area contributed by atoms with Gasteiger partial charge in [-0.1, -0.05) is 6.07 Å². The summed E-state index contributed by atoms with van der Waals surface area (Å²) in [4.78, 5) is 32.3. The first-order chi connectivity index (χ1) is 12.5. The maximum absolute atomic E-state index is 12.3. The third-order valence-electron chi connectivity index (χ3n) is 4.13. The molecule has 8 heteroatoms. The van der Waals surface area contributed by atoms with E-state index in [0.29, 0.717) is 29.6 Å². The first kappa shape index (κ1) is 16.5. The maximum Gasteiger partial charge on any atom is 0.295 e. The van der Waals surface area contributed by atoms with Gasteiger partial charge in [0.25, 0.3) is 5.91 Å². The van der Waals surface area contributed by atoms with Crippen molar-refractivity contribution < 1.29 is 14.0 Å². The molecule has 0 saturated heterocycles. The summed E-state index contributed by atoms with van der Waals surface area (Å²) in [6, 6.07) is 5.83. The van der Waals surface area contributed by atoms with Gasteiger partial charge < -0.3 is 9.73 Å². The highest BCUT2D eigenvalue weighted by molar-refractivity contribution is 7.14. The molecule has 0 spiro atoms. The molecule has 0 unspecified atom stereocenters. The average molecular weight is 368 g/mol. The van der Waals surface area contributed by atoms with Gasteiger partial charge in [0.2, 0.25) is 11.7 Å². The van der Waals surface area contributed by atoms with Crippen molar-refractivity contribution >= 4 is 34.0 Å². The second-order valence-electron chi connectivity index (χ2n) is 6.06. The van der Waals surface area contributed by atoms with Crippen molar-refractivity contribution in [3.8, 4) is 11.3 Å². The first-order valence-electron chi connectivity index (χ1n) is 8.13. The van der Waals surface area contributed by atoms with Crippen molar-refractivity contribution in [3.05, 3.63) is 46.5 Å². The molecule has 132 valence electrons. The highest BCUT2D eigenvalue weighted by atomic mass is 32.1. The Labute approximate surface area is 153 Å². The molecule has 1 aliphatic heterocycles. The zero-order valence-electron chi connectivity index (χ0n) is 14.3. The normalized spacial score (nSPS) is 13.2. The van der Waals surface area contributed by atoms with Crippen LogP contribution in [0, 0.1) is 13.8 Å². The maximum atomic E-state index is 12.3. The third-order valence-corrected chi connectivity index (χ3v) is 4.89. The third kappa shape index (κ3) is 3.11. The molecule has 0 fully saturated rings. The van der Waals surface area contributed by atoms with Crippen molar-refractivity contribution in [2.75, 3.05) is 10.6 Å². The number of anilines is 2. The van der Waals surface area contributed by atoms with Crippen LogP contribution < -0.4 is 10.6 Å². The Balaban J connectivity index is 1.54. The molecule has 4 rings (SSSR count). The highest BCUT2D eigenvalue weighted by Gasteiger charge is 2.19. The molecule has 0 radical (unpaired) electrons. The Morgan fingerprint density at radius 2 is 2.12 bits per heavy atom. The van der Waals surface area contributed by atoms with Gasteiger partial charge in [0.15, 0.2) is 11.0 Å². The van der Waals surface area contributed by atoms with Gasteiger partial charge in [-0.25, -0.2) is 9.97 Å². The molecular formula is C18H16N4O3S. The molecule has 0 bridgehead atoms. The molecular weight excluding hydrogens is 352 g/mol. The second kappa shape index (κ2) is 6.38. The minimum Gasteiger partial charge on any atom is -0.436 e. The minimum absolute atomic E-state index is 0.0434. The van der Waals surface area contributed by atoms with E-state index in [1.807, 2.05) is 23.6 Å². The summed E-state index contributed by atoms with van der Waals surface area (Å²) in [6.07, 6.45) is 1.21. The fourth-order valence-corrected chi connectivity index (χ4v) is 3.62. The van der Waals surface area contributed by atoms with Gasteiger partial charge in [-0.2, -0.15) is 0 Å². The number of aromatic nitrogens is 2. The standard InChI is InChI=1S/C18H16N4O3S/c1-9-16(25-10(2)19-9)17(24)22-18-21-14(8-26-18)12-3-5-13-11(7-12)4-6-15(23)20-13/h3,5,7-8H,4,6H2,1-2H3,(H,20,23)(H,21,22,24). The van der Waals surface area contributed by atoms with E-state index in [1.54, 1.807) is 13.8 Å². The molecule has 2 aromatic heterocycles. The number of amides is 2. The topological polar surface area (TPSA) is 97.1 Å². The summed E-state index contributed by atoms with van der Waals surface area (Å²) in [5.41, 5.74) is 4.21. The van der Waals surface area contributed by atoms with Crippen LogP contribution in [0.1, 0.15) is 34.1 Å². The van der Waals surface area contributed by atoms with Crippen LogP contribution in [0.2, 0.25) is 0 Å². The number of nitrogens with one attached hydrogen (secondary N) is 2. The lowest BCUT2D eigenvalue weighted by molar-refractivity contribution is -0.116. The average Bonchev–Trinajstić information content (AvgIpc) is 3.20. The minimum atomic E-state index is -0.364. The van der Waals surface area contributed by atoms with E-state index in [4.69, 9.17) is 4.42 Å². The lowest BCUT2D eigenvalue weighted by Crippen LogP contribution is -2.18. The summed E-state index contributed by atoms with van der Waals surface area (Å²) < 4.78 is 5.33. The van der Waals surface area contributed by atoms with E-state index >= 15 is 0 Å². The molecule has 0 saturated carbocycles. The Morgan fingerprint density at radius 3 is 2.88 bits per heavy atom. The SMILES string of the molecule is Cc1nc(C)c(C(=O)Nc2nc(-c3ccc4c(c3)CCC(=O)N4)cs2)o1. The van der Waals surface area contributed by atoms with Crippen LogP contribution >= 0.6 is 11.3 Å². The van der Waals surface area contributed by atoms with Gasteiger partial charge in [0, 0.05) is 30.0 Å². The Hall–Kier alpha value is -3.00. The summed E-state index contributed by atoms with van der Waals surface area (Å²) in [5, 5.41) is 7.99. The molecule has 1 aliphatic rings. The summed E-state index contributed by atoms with van der Waals surface area (Å²) in [5.74, 6) is 0.330. The summed E-state index contributed by atoms with van der Waals surface area (Å²) in [7, 11) is 0. The highest BCUT2D eigenvalue weighted by Crippen LogP contribution is 2.30. The van der Waals surface area contributed by atoms with Gasteiger partial charge >= 0.3 is 0 Å². The zero-order valence-corrected chi connectivity index (χ0v) is 15.1. The number of rotatable bonds is 3. The van der Waals surface area contributed by atoms with Crippen molar-refractivity contribution in [2.24, 2.45) is 0 Å². The van der Waals surface area contributed by atoms with E-state index in [2.05, 4.69) is 20.6 Å². The second-order valence-corrected chi connectivity index (χ2v) is 6.92. The summed E-state index contributed by atoms with van der Waals surface area (Å²) in [6.45, 7) is 3.42. The number of benzene rings is 1. The lowest BCUT2D eigenvalue weighted by atomic mass is 9.99. The van der Waals surface area contributed by atoms with Crippen molar-refractivity contribution in [1.29, 1.82) is 0 Å². The molecule has 1 aromatic carbocycles. The number of thiazole rings is 1. The van der Waals surface area contributed by atoms with E-state index in [1.165, 1.54) is 11.3 Å². The van der Waals surface area contributed by atoms with Crippen LogP contribution in [-0.2, 0) is 11.2 Å². The fraction of sp³-hybridized carbons (Fsp3) is 0.222. The van der Waals surface area contributed by atoms with E-state index in [9.17, 15) is 9.59 Å². The molecule has 0 atom stereocenters. The number of carbonyl (C=O) groups excluding carboxylic acids is 2. The molecule has 2 N–H and O–H groups in total. The van der Waals surface area contributed by atoms with Crippen LogP contribution in [0.25, 0.3) is 11.3 Å². The van der Waals surface area contributed by atoms with Crippen molar-refractivity contribution in [3.63, 3.8) is 0 Å². The lowest BCUT2D eigenvalue weighted by Gasteiger charge is -2.17. The van der Waals surface area contributed by atoms with E-state index in [-0.39, 0.29) is 17.6 Å². The van der Waals surface area contributed by atoms with Gasteiger partial charge in [-0.3, -0.25) is 14.9 Å². The Morgan fingerprint density at radius 1 is 1.27 bits per heavy atom. The van der Waals surface area contributed by atoms with Crippen molar-refractivity contribution in [1.82, 2.24) is 9.97 Å². The van der Waals surface area contributed by atoms with Crippen molar-refractivity contribution in [2.45, 2.75) is 26.7 Å². The zero-order chi connectivity index (χ0) is 18.3. The molecule has 3 aromatic rings. The Kier molecular flexibility index (Phi) is 4.04. The van der Waals surface area contributed by atoms with Gasteiger partial charge in [-0.15, -0.1) is 11.3 Å². The van der Waals surface area contributed by atoms with Crippen LogP contribution in [0.4, 0.5) is 10.8 Å². The van der Waals surface area contributed by atoms with Gasteiger partial charge in [0.1, 0.15) is 0 Å². The first-order valence-corrected chi connectivity index (χ1v) is 9.01. The van der Waals surface area contributed by atoms with Crippen LogP contribution in [0.5, 0.6) is 0 Å². The fourth-order valence-electron chi connectivity index (χ4n) is 2.90. The van der Waals surface area contributed by atoms with Crippen LogP contribution in [0.3, 0.4) is 0 Å². The van der Waals surface area contributed by atoms with Crippen LogP contribution in [-0.4, -0.2) is 21.8 Å². The number of carbonyl (C=O) groups is 2. The molecule has 3 heterocycles. The van der Waals surface area contributed by atoms with Gasteiger partial charge in [-0.05, 0) is 31.0 Å². The molecule has 0 aliphatic carbocycles. The number of aryl methyl sites for hydroxylation is 3. The largest absolute Gasteiger partial charge is 0.436 e. The number of oxazole rings is 1. The Bertz CT molecular complexity index is 1020. The number of nitrogens with zero attached hydrogens (tertiary/aromatic N) is 2. The predicted octanol–water partition coefficient (Wildman–Crippen LogP) is 3.55. The van der Waals surface area contributed by atoms with E-state index < -0.39 is 0 Å². The van der Waals surface area contributed by atoms with E-state index in [0.717, 1.165) is 22.5 Å². The smallest absolute Gasteiger partial charge is 0.295 e. The quantitative estimate of drug-likeness (QED) is 0.737. The number of hydrogen-bond acceptors (Lipinski definition) is 6. The molecule has 26 heavy (non-hydrogen) atoms. The monoisotopic (exact) mass is 368 g/mol. The predicted molar refractivity (Wildman–Crippen MR) is 98.4 cm³/mol. The number of hydrogen-bond donors (Lipinski definition) is 2. The molecule has 2 amide bonds. The number of fused-ring (bicyclic) bond motifs is 1. The van der Waals surface area contributed by atoms with Crippen LogP contribution in [0.15, 0.2) is 28.0 Å². The summed E-state index contributed by atoms with van der Waals surface area (Å²) >= 11 is 1.34.